The number of nitrogens with zero attached hydrogens (tertiary/aromatic N) is 1. The number of pyridine rings is 1. The first-order valence-corrected chi connectivity index (χ1v) is 4.20. The first kappa shape index (κ1) is 9.52. The highest BCUT2D eigenvalue weighted by Crippen LogP contribution is 2.17. The third-order valence-electron chi connectivity index (χ3n) is 1.70. The lowest BCUT2D eigenvalue weighted by Crippen LogP contribution is -1.96. The molecule has 1 aromatic heterocycles. The Morgan fingerprint density at radius 3 is 2.77 bits per heavy atom. The average molecular weight is 174 g/mol. The van der Waals surface area contributed by atoms with Gasteiger partial charge in [0.1, 0.15) is 5.82 Å². The number of hydrogen-bond acceptors (Lipinski definition) is 2. The summed E-state index contributed by atoms with van der Waals surface area (Å²) in [6.45, 7) is 7.75. The third-order valence-corrected chi connectivity index (χ3v) is 1.70. The summed E-state index contributed by atoms with van der Waals surface area (Å²) in [5.74, 6) is 0.534. The van der Waals surface area contributed by atoms with Gasteiger partial charge in [-0.2, -0.15) is 0 Å². The SMILES string of the molecule is C=C(C)c1nc(N)ccc1/C=C\C. The molecule has 0 spiro atoms. The molecule has 0 aliphatic carbocycles. The number of rotatable bonds is 2. The van der Waals surface area contributed by atoms with Crippen molar-refractivity contribution >= 4 is 17.5 Å². The summed E-state index contributed by atoms with van der Waals surface area (Å²) >= 11 is 0. The van der Waals surface area contributed by atoms with Crippen molar-refractivity contribution in [1.82, 2.24) is 4.98 Å². The van der Waals surface area contributed by atoms with Crippen LogP contribution in [0, 0.1) is 0 Å². The van der Waals surface area contributed by atoms with Crippen molar-refractivity contribution in [3.05, 3.63) is 36.0 Å². The van der Waals surface area contributed by atoms with Gasteiger partial charge in [-0.3, -0.25) is 0 Å². The summed E-state index contributed by atoms with van der Waals surface area (Å²) in [5.41, 5.74) is 8.45. The molecule has 13 heavy (non-hydrogen) atoms. The van der Waals surface area contributed by atoms with Gasteiger partial charge in [-0.25, -0.2) is 4.98 Å². The Balaban J connectivity index is 3.26. The Morgan fingerprint density at radius 1 is 1.54 bits per heavy atom. The lowest BCUT2D eigenvalue weighted by molar-refractivity contribution is 1.27. The van der Waals surface area contributed by atoms with E-state index in [9.17, 15) is 0 Å². The van der Waals surface area contributed by atoms with Crippen LogP contribution in [0.4, 0.5) is 5.82 Å². The minimum absolute atomic E-state index is 0.534. The van der Waals surface area contributed by atoms with Crippen molar-refractivity contribution in [3.8, 4) is 0 Å². The second-order valence-electron chi connectivity index (χ2n) is 2.95. The first-order chi connectivity index (χ1) is 6.15. The molecule has 1 aromatic rings. The van der Waals surface area contributed by atoms with Crippen molar-refractivity contribution < 1.29 is 0 Å². The lowest BCUT2D eigenvalue weighted by atomic mass is 10.1. The summed E-state index contributed by atoms with van der Waals surface area (Å²) < 4.78 is 0. The normalized spacial score (nSPS) is 10.6. The number of aromatic nitrogens is 1. The van der Waals surface area contributed by atoms with Crippen LogP contribution in [-0.4, -0.2) is 4.98 Å². The monoisotopic (exact) mass is 174 g/mol. The lowest BCUT2D eigenvalue weighted by Gasteiger charge is -2.04. The second kappa shape index (κ2) is 3.90. The number of nitrogen functional groups attached to an aromatic ring is 1. The highest BCUT2D eigenvalue weighted by Gasteiger charge is 2.01. The van der Waals surface area contributed by atoms with E-state index in [0.717, 1.165) is 16.8 Å². The first-order valence-electron chi connectivity index (χ1n) is 4.20. The molecule has 0 bridgehead atoms. The Hall–Kier alpha value is -1.57. The molecule has 0 aliphatic rings. The average Bonchev–Trinajstić information content (AvgIpc) is 2.08. The fourth-order valence-electron chi connectivity index (χ4n) is 1.14. The number of hydrogen-bond donors (Lipinski definition) is 1. The van der Waals surface area contributed by atoms with E-state index in [2.05, 4.69) is 11.6 Å². The van der Waals surface area contributed by atoms with Gasteiger partial charge in [-0.05, 0) is 31.6 Å². The zero-order chi connectivity index (χ0) is 9.84. The predicted molar refractivity (Wildman–Crippen MR) is 58.1 cm³/mol. The fourth-order valence-corrected chi connectivity index (χ4v) is 1.14. The number of anilines is 1. The molecular weight excluding hydrogens is 160 g/mol. The van der Waals surface area contributed by atoms with Gasteiger partial charge >= 0.3 is 0 Å². The minimum atomic E-state index is 0.534. The summed E-state index contributed by atoms with van der Waals surface area (Å²) in [5, 5.41) is 0. The van der Waals surface area contributed by atoms with Crippen molar-refractivity contribution in [2.24, 2.45) is 0 Å². The third kappa shape index (κ3) is 2.18. The van der Waals surface area contributed by atoms with Gasteiger partial charge in [0.2, 0.25) is 0 Å². The molecule has 0 saturated carbocycles. The number of nitrogens with two attached hydrogens (primary N) is 1. The maximum Gasteiger partial charge on any atom is 0.124 e. The topological polar surface area (TPSA) is 38.9 Å². The van der Waals surface area contributed by atoms with E-state index in [0.29, 0.717) is 5.82 Å². The molecule has 0 aliphatic heterocycles. The van der Waals surface area contributed by atoms with Crippen LogP contribution >= 0.6 is 0 Å². The van der Waals surface area contributed by atoms with Gasteiger partial charge in [0.05, 0.1) is 5.69 Å². The van der Waals surface area contributed by atoms with E-state index < -0.39 is 0 Å². The molecule has 1 rings (SSSR count). The molecule has 0 unspecified atom stereocenters. The van der Waals surface area contributed by atoms with Crippen LogP contribution in [0.5, 0.6) is 0 Å². The molecule has 1 heterocycles. The summed E-state index contributed by atoms with van der Waals surface area (Å²) in [6.07, 6.45) is 3.97. The Bertz CT molecular complexity index is 351. The van der Waals surface area contributed by atoms with Gasteiger partial charge in [0, 0.05) is 5.56 Å². The van der Waals surface area contributed by atoms with Gasteiger partial charge < -0.3 is 5.73 Å². The van der Waals surface area contributed by atoms with Crippen LogP contribution in [0.15, 0.2) is 24.8 Å². The van der Waals surface area contributed by atoms with Crippen molar-refractivity contribution in [1.29, 1.82) is 0 Å². The van der Waals surface area contributed by atoms with Crippen LogP contribution < -0.4 is 5.73 Å². The second-order valence-corrected chi connectivity index (χ2v) is 2.95. The molecule has 68 valence electrons. The summed E-state index contributed by atoms with van der Waals surface area (Å²) in [6, 6.07) is 3.74. The van der Waals surface area contributed by atoms with E-state index in [1.807, 2.05) is 32.1 Å². The number of allylic oxidation sites excluding steroid dienone is 2. The van der Waals surface area contributed by atoms with Crippen LogP contribution in [0.3, 0.4) is 0 Å². The Labute approximate surface area is 78.8 Å². The van der Waals surface area contributed by atoms with E-state index in [-0.39, 0.29) is 0 Å². The predicted octanol–water partition coefficient (Wildman–Crippen LogP) is 2.73. The maximum absolute atomic E-state index is 5.59. The van der Waals surface area contributed by atoms with Gasteiger partial charge in [-0.1, -0.05) is 18.7 Å². The van der Waals surface area contributed by atoms with Crippen LogP contribution in [0.1, 0.15) is 25.1 Å². The highest BCUT2D eigenvalue weighted by atomic mass is 14.8. The fraction of sp³-hybridized carbons (Fsp3) is 0.182. The standard InChI is InChI=1S/C11H14N2/c1-4-5-9-6-7-10(12)13-11(9)8(2)3/h4-7H,2H2,1,3H3,(H2,12,13)/b5-4-. The molecule has 2 N–H and O–H groups in total. The Morgan fingerprint density at radius 2 is 2.23 bits per heavy atom. The summed E-state index contributed by atoms with van der Waals surface area (Å²) in [7, 11) is 0. The molecular formula is C11H14N2. The van der Waals surface area contributed by atoms with E-state index in [1.54, 1.807) is 6.07 Å². The largest absolute Gasteiger partial charge is 0.384 e. The van der Waals surface area contributed by atoms with E-state index >= 15 is 0 Å². The molecule has 0 radical (unpaired) electrons. The molecule has 0 amide bonds. The molecule has 2 heteroatoms. The molecule has 0 aromatic carbocycles. The molecule has 0 saturated heterocycles. The van der Waals surface area contributed by atoms with Crippen molar-refractivity contribution in [2.75, 3.05) is 5.73 Å². The molecule has 2 nitrogen and oxygen atoms in total. The Kier molecular flexibility index (Phi) is 2.85. The van der Waals surface area contributed by atoms with Crippen molar-refractivity contribution in [2.45, 2.75) is 13.8 Å². The zero-order valence-electron chi connectivity index (χ0n) is 8.04. The van der Waals surface area contributed by atoms with Crippen molar-refractivity contribution in [3.63, 3.8) is 0 Å². The minimum Gasteiger partial charge on any atom is -0.384 e. The van der Waals surface area contributed by atoms with Gasteiger partial charge in [-0.15, -0.1) is 0 Å². The maximum atomic E-state index is 5.59. The van der Waals surface area contributed by atoms with Crippen LogP contribution in [0.25, 0.3) is 11.6 Å². The highest BCUT2D eigenvalue weighted by molar-refractivity contribution is 5.70. The van der Waals surface area contributed by atoms with E-state index in [1.165, 1.54) is 0 Å². The van der Waals surface area contributed by atoms with Crippen LogP contribution in [0.2, 0.25) is 0 Å². The van der Waals surface area contributed by atoms with Gasteiger partial charge in [0.25, 0.3) is 0 Å². The smallest absolute Gasteiger partial charge is 0.124 e. The van der Waals surface area contributed by atoms with Gasteiger partial charge in [0.15, 0.2) is 0 Å². The zero-order valence-corrected chi connectivity index (χ0v) is 8.04. The molecule has 0 atom stereocenters. The van der Waals surface area contributed by atoms with Crippen LogP contribution in [-0.2, 0) is 0 Å². The molecule has 0 fully saturated rings. The van der Waals surface area contributed by atoms with E-state index in [4.69, 9.17) is 5.73 Å². The quantitative estimate of drug-likeness (QED) is 0.748. The summed E-state index contributed by atoms with van der Waals surface area (Å²) in [4.78, 5) is 4.22.